The number of hydrogen-bond donors (Lipinski definition) is 1. The number of likely N-dealkylation sites (tertiary alicyclic amines) is 1. The second-order valence-corrected chi connectivity index (χ2v) is 8.23. The van der Waals surface area contributed by atoms with Crippen LogP contribution in [0.4, 0.5) is 0 Å². The molecule has 1 aromatic heterocycles. The molecule has 1 N–H and O–H groups in total. The van der Waals surface area contributed by atoms with Gasteiger partial charge < -0.3 is 4.90 Å². The molecular weight excluding hydrogens is 413 g/mol. The number of pyridine rings is 1. The van der Waals surface area contributed by atoms with E-state index in [1.54, 1.807) is 18.0 Å². The molecule has 152 valence electrons. The number of carbonyl (C=O) groups excluding carboxylic acids is 1. The maximum Gasteiger partial charge on any atom is 0.240 e. The summed E-state index contributed by atoms with van der Waals surface area (Å²) in [7, 11) is 0. The first kappa shape index (κ1) is 23.0. The summed E-state index contributed by atoms with van der Waals surface area (Å²) in [6.07, 6.45) is 8.06. The molecule has 0 saturated carbocycles. The molecule has 28 heavy (non-hydrogen) atoms. The molecule has 2 fully saturated rings. The highest BCUT2D eigenvalue weighted by molar-refractivity contribution is 7.99. The molecule has 0 spiro atoms. The molecular formula is C21H27Cl2N3OS. The van der Waals surface area contributed by atoms with Crippen LogP contribution in [-0.4, -0.2) is 40.2 Å². The lowest BCUT2D eigenvalue weighted by atomic mass is 9.95. The van der Waals surface area contributed by atoms with Crippen LogP contribution in [0.3, 0.4) is 0 Å². The van der Waals surface area contributed by atoms with E-state index < -0.39 is 0 Å². The minimum atomic E-state index is -0.0958. The maximum absolute atomic E-state index is 13.2. The monoisotopic (exact) mass is 439 g/mol. The Balaban J connectivity index is 0.00000140. The summed E-state index contributed by atoms with van der Waals surface area (Å²) in [6, 6.07) is 14.8. The van der Waals surface area contributed by atoms with Crippen LogP contribution in [0.15, 0.2) is 54.9 Å². The van der Waals surface area contributed by atoms with Crippen LogP contribution in [0.2, 0.25) is 0 Å². The third kappa shape index (κ3) is 5.41. The maximum atomic E-state index is 13.2. The lowest BCUT2D eigenvalue weighted by molar-refractivity contribution is -0.136. The number of carbonyl (C=O) groups is 1. The second-order valence-electron chi connectivity index (χ2n) is 7.09. The average molecular weight is 440 g/mol. The number of thioether (sulfide) groups is 1. The first-order valence-electron chi connectivity index (χ1n) is 9.43. The molecule has 0 bridgehead atoms. The molecule has 3 unspecified atom stereocenters. The fourth-order valence-corrected chi connectivity index (χ4v) is 5.14. The summed E-state index contributed by atoms with van der Waals surface area (Å²) in [6.45, 7) is 0.886. The Bertz CT molecular complexity index is 735. The zero-order chi connectivity index (χ0) is 17.8. The minimum Gasteiger partial charge on any atom is -0.338 e. The SMILES string of the molecule is Cl.Cl.O=C(C1CSC(c2cccnc2)N1)N1CCCCC1Cc1ccccc1. The highest BCUT2D eigenvalue weighted by Crippen LogP contribution is 2.33. The standard InChI is InChI=1S/C21H25N3OS.2ClH/c25-21(19-15-26-20(23-19)17-9-6-11-22-14-17)24-12-5-4-10-18(24)13-16-7-2-1-3-8-16;;/h1-3,6-9,11,14,18-20,23H,4-5,10,12-13,15H2;2*1H. The van der Waals surface area contributed by atoms with Crippen molar-refractivity contribution in [2.45, 2.75) is 43.1 Å². The summed E-state index contributed by atoms with van der Waals surface area (Å²) in [5.41, 5.74) is 2.46. The fraction of sp³-hybridized carbons (Fsp3) is 0.429. The van der Waals surface area contributed by atoms with Gasteiger partial charge in [-0.3, -0.25) is 15.1 Å². The van der Waals surface area contributed by atoms with Crippen molar-refractivity contribution < 1.29 is 4.79 Å². The molecule has 2 aromatic rings. The van der Waals surface area contributed by atoms with Crippen molar-refractivity contribution in [3.05, 3.63) is 66.0 Å². The molecule has 3 atom stereocenters. The Morgan fingerprint density at radius 3 is 2.71 bits per heavy atom. The molecule has 4 nitrogen and oxygen atoms in total. The predicted molar refractivity (Wildman–Crippen MR) is 120 cm³/mol. The van der Waals surface area contributed by atoms with Gasteiger partial charge in [-0.05, 0) is 42.9 Å². The lowest BCUT2D eigenvalue weighted by Crippen LogP contribution is -2.52. The van der Waals surface area contributed by atoms with Gasteiger partial charge in [0, 0.05) is 30.7 Å². The first-order valence-corrected chi connectivity index (χ1v) is 10.5. The van der Waals surface area contributed by atoms with Crippen molar-refractivity contribution in [3.63, 3.8) is 0 Å². The number of aromatic nitrogens is 1. The molecule has 0 radical (unpaired) electrons. The van der Waals surface area contributed by atoms with Crippen LogP contribution in [0.5, 0.6) is 0 Å². The molecule has 4 rings (SSSR count). The minimum absolute atomic E-state index is 0. The van der Waals surface area contributed by atoms with E-state index in [9.17, 15) is 4.79 Å². The van der Waals surface area contributed by atoms with E-state index >= 15 is 0 Å². The number of rotatable bonds is 4. The molecule has 0 aliphatic carbocycles. The lowest BCUT2D eigenvalue weighted by Gasteiger charge is -2.37. The average Bonchev–Trinajstić information content (AvgIpc) is 3.20. The Hall–Kier alpha value is -1.27. The summed E-state index contributed by atoms with van der Waals surface area (Å²) in [5.74, 6) is 1.09. The largest absolute Gasteiger partial charge is 0.338 e. The third-order valence-corrected chi connectivity index (χ3v) is 6.56. The number of nitrogens with one attached hydrogen (secondary N) is 1. The zero-order valence-corrected chi connectivity index (χ0v) is 18.1. The number of halogens is 2. The van der Waals surface area contributed by atoms with Crippen molar-refractivity contribution in [1.82, 2.24) is 15.2 Å². The highest BCUT2D eigenvalue weighted by Gasteiger charge is 2.36. The van der Waals surface area contributed by atoms with E-state index in [0.717, 1.165) is 37.1 Å². The van der Waals surface area contributed by atoms with E-state index in [1.807, 2.05) is 18.3 Å². The van der Waals surface area contributed by atoms with Crippen molar-refractivity contribution in [3.8, 4) is 0 Å². The smallest absolute Gasteiger partial charge is 0.240 e. The topological polar surface area (TPSA) is 45.2 Å². The highest BCUT2D eigenvalue weighted by atomic mass is 35.5. The number of amides is 1. The van der Waals surface area contributed by atoms with Crippen LogP contribution in [-0.2, 0) is 11.2 Å². The molecule has 2 saturated heterocycles. The van der Waals surface area contributed by atoms with Gasteiger partial charge in [0.25, 0.3) is 0 Å². The Morgan fingerprint density at radius 1 is 1.14 bits per heavy atom. The molecule has 7 heteroatoms. The summed E-state index contributed by atoms with van der Waals surface area (Å²) < 4.78 is 0. The number of hydrogen-bond acceptors (Lipinski definition) is 4. The van der Waals surface area contributed by atoms with Crippen LogP contribution < -0.4 is 5.32 Å². The van der Waals surface area contributed by atoms with E-state index in [1.165, 1.54) is 12.0 Å². The van der Waals surface area contributed by atoms with Crippen molar-refractivity contribution >= 4 is 42.5 Å². The van der Waals surface area contributed by atoms with Crippen molar-refractivity contribution in [2.75, 3.05) is 12.3 Å². The summed E-state index contributed by atoms with van der Waals surface area (Å²) in [4.78, 5) is 19.6. The Labute approximate surface area is 183 Å². The van der Waals surface area contributed by atoms with E-state index in [4.69, 9.17) is 0 Å². The van der Waals surface area contributed by atoms with Crippen LogP contribution in [0.25, 0.3) is 0 Å². The van der Waals surface area contributed by atoms with Crippen molar-refractivity contribution in [1.29, 1.82) is 0 Å². The zero-order valence-electron chi connectivity index (χ0n) is 15.7. The van der Waals surface area contributed by atoms with Gasteiger partial charge in [-0.1, -0.05) is 36.4 Å². The molecule has 1 aromatic carbocycles. The van der Waals surface area contributed by atoms with Gasteiger partial charge in [0.2, 0.25) is 5.91 Å². The Morgan fingerprint density at radius 2 is 1.96 bits per heavy atom. The number of nitrogens with zero attached hydrogens (tertiary/aromatic N) is 2. The summed E-state index contributed by atoms with van der Waals surface area (Å²) in [5, 5.41) is 3.68. The number of benzene rings is 1. The van der Waals surface area contributed by atoms with Crippen LogP contribution >= 0.6 is 36.6 Å². The van der Waals surface area contributed by atoms with E-state index in [0.29, 0.717) is 6.04 Å². The molecule has 2 aliphatic heterocycles. The quantitative estimate of drug-likeness (QED) is 0.772. The fourth-order valence-electron chi connectivity index (χ4n) is 3.93. The third-order valence-electron chi connectivity index (χ3n) is 5.29. The van der Waals surface area contributed by atoms with Gasteiger partial charge in [0.05, 0.1) is 11.4 Å². The number of piperidine rings is 1. The molecule has 1 amide bonds. The second kappa shape index (κ2) is 11.1. The predicted octanol–water partition coefficient (Wildman–Crippen LogP) is 4.25. The van der Waals surface area contributed by atoms with Crippen LogP contribution in [0.1, 0.15) is 35.8 Å². The van der Waals surface area contributed by atoms with Gasteiger partial charge >= 0.3 is 0 Å². The normalized spacial score (nSPS) is 24.1. The van der Waals surface area contributed by atoms with Crippen LogP contribution in [0, 0.1) is 0 Å². The molecule has 2 aliphatic rings. The first-order chi connectivity index (χ1) is 12.8. The van der Waals surface area contributed by atoms with Gasteiger partial charge in [-0.25, -0.2) is 0 Å². The molecule has 3 heterocycles. The van der Waals surface area contributed by atoms with Gasteiger partial charge in [0.15, 0.2) is 0 Å². The Kier molecular flexibility index (Phi) is 9.09. The summed E-state index contributed by atoms with van der Waals surface area (Å²) >= 11 is 1.80. The van der Waals surface area contributed by atoms with Gasteiger partial charge in [-0.15, -0.1) is 36.6 Å². The van der Waals surface area contributed by atoms with E-state index in [-0.39, 0.29) is 42.1 Å². The van der Waals surface area contributed by atoms with Crippen molar-refractivity contribution in [2.24, 2.45) is 0 Å². The van der Waals surface area contributed by atoms with Gasteiger partial charge in [0.1, 0.15) is 0 Å². The van der Waals surface area contributed by atoms with Gasteiger partial charge in [-0.2, -0.15) is 0 Å². The van der Waals surface area contributed by atoms with E-state index in [2.05, 4.69) is 45.5 Å².